The first kappa shape index (κ1) is 21.8. The number of ether oxygens (including phenoxy) is 1. The monoisotopic (exact) mass is 467 g/mol. The molecule has 3 heterocycles. The van der Waals surface area contributed by atoms with Crippen LogP contribution in [0.2, 0.25) is 10.0 Å². The van der Waals surface area contributed by atoms with Crippen LogP contribution in [0.25, 0.3) is 11.1 Å². The molecule has 0 spiro atoms. The van der Waals surface area contributed by atoms with Gasteiger partial charge in [-0.15, -0.1) is 0 Å². The highest BCUT2D eigenvalue weighted by atomic mass is 35.5. The molecule has 3 N–H and O–H groups in total. The number of pyridine rings is 1. The second-order valence-corrected chi connectivity index (χ2v) is 8.41. The van der Waals surface area contributed by atoms with Gasteiger partial charge in [-0.2, -0.15) is 5.10 Å². The first-order valence-corrected chi connectivity index (χ1v) is 10.5. The molecule has 1 unspecified atom stereocenters. The number of alkyl halides is 1. The maximum Gasteiger partial charge on any atom is 0.166 e. The van der Waals surface area contributed by atoms with Crippen molar-refractivity contribution in [1.82, 2.24) is 20.1 Å². The van der Waals surface area contributed by atoms with Crippen LogP contribution in [0.4, 0.5) is 14.6 Å². The van der Waals surface area contributed by atoms with E-state index in [1.807, 2.05) is 0 Å². The van der Waals surface area contributed by atoms with E-state index in [9.17, 15) is 8.78 Å². The number of anilines is 1. The van der Waals surface area contributed by atoms with Crippen LogP contribution in [0.1, 0.15) is 25.0 Å². The molecule has 10 heteroatoms. The Kier molecular flexibility index (Phi) is 6.05. The summed E-state index contributed by atoms with van der Waals surface area (Å²) in [5, 5.41) is 7.47. The summed E-state index contributed by atoms with van der Waals surface area (Å²) in [6, 6.07) is 4.31. The van der Waals surface area contributed by atoms with Crippen molar-refractivity contribution < 1.29 is 13.5 Å². The van der Waals surface area contributed by atoms with Gasteiger partial charge in [-0.1, -0.05) is 23.2 Å². The Morgan fingerprint density at radius 1 is 1.32 bits per heavy atom. The van der Waals surface area contributed by atoms with Gasteiger partial charge in [0.25, 0.3) is 0 Å². The van der Waals surface area contributed by atoms with E-state index in [-0.39, 0.29) is 28.2 Å². The first-order chi connectivity index (χ1) is 14.8. The van der Waals surface area contributed by atoms with Gasteiger partial charge in [0.15, 0.2) is 11.6 Å². The summed E-state index contributed by atoms with van der Waals surface area (Å²) in [7, 11) is 0. The molecule has 0 amide bonds. The predicted molar refractivity (Wildman–Crippen MR) is 117 cm³/mol. The fraction of sp³-hybridized carbons (Fsp3) is 0.333. The zero-order valence-corrected chi connectivity index (χ0v) is 18.2. The van der Waals surface area contributed by atoms with Crippen molar-refractivity contribution in [3.63, 3.8) is 0 Å². The number of halogens is 4. The van der Waals surface area contributed by atoms with E-state index >= 15 is 0 Å². The van der Waals surface area contributed by atoms with Gasteiger partial charge < -0.3 is 15.8 Å². The predicted octanol–water partition coefficient (Wildman–Crippen LogP) is 4.81. The minimum absolute atomic E-state index is 0.106. The highest BCUT2D eigenvalue weighted by Crippen LogP contribution is 2.37. The van der Waals surface area contributed by atoms with Gasteiger partial charge in [-0.05, 0) is 38.1 Å². The van der Waals surface area contributed by atoms with Crippen LogP contribution in [0.3, 0.4) is 0 Å². The number of hydrogen-bond donors (Lipinski definition) is 2. The van der Waals surface area contributed by atoms with Crippen LogP contribution < -0.4 is 15.8 Å². The summed E-state index contributed by atoms with van der Waals surface area (Å²) in [5.41, 5.74) is 6.42. The third-order valence-corrected chi connectivity index (χ3v) is 5.99. The van der Waals surface area contributed by atoms with Crippen molar-refractivity contribution in [3.05, 3.63) is 58.2 Å². The van der Waals surface area contributed by atoms with Gasteiger partial charge in [-0.3, -0.25) is 4.68 Å². The zero-order chi connectivity index (χ0) is 22.2. The average Bonchev–Trinajstić information content (AvgIpc) is 3.36. The van der Waals surface area contributed by atoms with Gasteiger partial charge in [0.2, 0.25) is 0 Å². The number of nitrogens with two attached hydrogens (primary N) is 1. The Balaban J connectivity index is 1.56. The highest BCUT2D eigenvalue weighted by Gasteiger charge is 2.34. The van der Waals surface area contributed by atoms with Crippen molar-refractivity contribution in [3.8, 4) is 16.9 Å². The maximum absolute atomic E-state index is 14.7. The van der Waals surface area contributed by atoms with E-state index in [2.05, 4.69) is 15.4 Å². The molecule has 4 rings (SSSR count). The summed E-state index contributed by atoms with van der Waals surface area (Å²) >= 11 is 12.3. The Hall–Kier alpha value is -2.42. The fourth-order valence-electron chi connectivity index (χ4n) is 3.61. The zero-order valence-electron chi connectivity index (χ0n) is 16.7. The van der Waals surface area contributed by atoms with Crippen LogP contribution in [0.15, 0.2) is 36.8 Å². The Morgan fingerprint density at radius 3 is 2.87 bits per heavy atom. The van der Waals surface area contributed by atoms with Crippen molar-refractivity contribution in [1.29, 1.82) is 0 Å². The highest BCUT2D eigenvalue weighted by molar-refractivity contribution is 6.36. The summed E-state index contributed by atoms with van der Waals surface area (Å²) in [4.78, 5) is 4.18. The van der Waals surface area contributed by atoms with Crippen LogP contribution in [-0.4, -0.2) is 33.5 Å². The molecule has 6 nitrogen and oxygen atoms in total. The summed E-state index contributed by atoms with van der Waals surface area (Å²) in [6.45, 7) is 2.82. The van der Waals surface area contributed by atoms with Crippen molar-refractivity contribution in [2.45, 2.75) is 31.7 Å². The molecule has 0 saturated carbocycles. The lowest BCUT2D eigenvalue weighted by Crippen LogP contribution is -2.31. The molecule has 31 heavy (non-hydrogen) atoms. The molecule has 2 atom stereocenters. The molecular weight excluding hydrogens is 447 g/mol. The number of benzene rings is 1. The van der Waals surface area contributed by atoms with Crippen molar-refractivity contribution in [2.24, 2.45) is 0 Å². The topological polar surface area (TPSA) is 78.0 Å². The molecule has 3 aromatic rings. The summed E-state index contributed by atoms with van der Waals surface area (Å²) in [6.07, 6.45) is 4.73. The minimum Gasteiger partial charge on any atom is -0.482 e. The van der Waals surface area contributed by atoms with Crippen LogP contribution in [-0.2, 0) is 6.54 Å². The molecule has 0 aliphatic carbocycles. The number of rotatable bonds is 6. The normalized spacial score (nSPS) is 19.5. The fourth-order valence-corrected chi connectivity index (χ4v) is 4.29. The van der Waals surface area contributed by atoms with E-state index in [4.69, 9.17) is 33.7 Å². The molecule has 1 aromatic carbocycles. The van der Waals surface area contributed by atoms with Crippen LogP contribution in [0, 0.1) is 5.82 Å². The molecule has 1 saturated heterocycles. The summed E-state index contributed by atoms with van der Waals surface area (Å²) < 4.78 is 36.1. The first-order valence-electron chi connectivity index (χ1n) is 9.74. The van der Waals surface area contributed by atoms with E-state index in [1.54, 1.807) is 36.3 Å². The second kappa shape index (κ2) is 8.61. The number of nitrogens with one attached hydrogen (secondary N) is 1. The third kappa shape index (κ3) is 4.61. The molecule has 164 valence electrons. The lowest BCUT2D eigenvalue weighted by atomic mass is 10.1. The van der Waals surface area contributed by atoms with Crippen LogP contribution >= 0.6 is 23.2 Å². The van der Waals surface area contributed by atoms with Gasteiger partial charge in [0, 0.05) is 40.7 Å². The molecule has 0 bridgehead atoms. The summed E-state index contributed by atoms with van der Waals surface area (Å²) in [5.74, 6) is -0.144. The van der Waals surface area contributed by atoms with Crippen molar-refractivity contribution >= 4 is 29.0 Å². The van der Waals surface area contributed by atoms with Gasteiger partial charge >= 0.3 is 0 Å². The molecule has 1 fully saturated rings. The molecule has 1 aliphatic heterocycles. The third-order valence-electron chi connectivity index (χ3n) is 5.28. The maximum atomic E-state index is 14.7. The Bertz CT molecular complexity index is 1100. The van der Waals surface area contributed by atoms with Gasteiger partial charge in [-0.25, -0.2) is 13.8 Å². The Labute approximate surface area is 188 Å². The molecular formula is C21H21Cl2F2N5O. The molecule has 0 radical (unpaired) electrons. The largest absolute Gasteiger partial charge is 0.482 e. The van der Waals surface area contributed by atoms with E-state index < -0.39 is 17.6 Å². The number of nitrogen functional groups attached to an aromatic ring is 1. The van der Waals surface area contributed by atoms with Gasteiger partial charge in [0.05, 0.1) is 17.8 Å². The lowest BCUT2D eigenvalue weighted by Gasteiger charge is -2.19. The van der Waals surface area contributed by atoms with Gasteiger partial charge in [0.1, 0.15) is 17.6 Å². The standard InChI is InChI=1S/C21H21Cl2F2N5O/c1-12(18-15(22)2-3-16(24)19(18)23)31-17-6-13(7-28-20(17)26)14-8-29-30(9-14)11-21(25)4-5-27-10-21/h2-3,6-9,12,27H,4-5,10-11H2,1H3,(H2,26,28)/t12-,21?/m1/s1. The lowest BCUT2D eigenvalue weighted by molar-refractivity contribution is 0.155. The van der Waals surface area contributed by atoms with E-state index in [0.29, 0.717) is 30.6 Å². The van der Waals surface area contributed by atoms with Crippen LogP contribution in [0.5, 0.6) is 5.75 Å². The molecule has 1 aliphatic rings. The van der Waals surface area contributed by atoms with Crippen molar-refractivity contribution in [2.75, 3.05) is 18.8 Å². The second-order valence-electron chi connectivity index (χ2n) is 7.63. The minimum atomic E-state index is -1.31. The smallest absolute Gasteiger partial charge is 0.166 e. The average molecular weight is 468 g/mol. The Morgan fingerprint density at radius 2 is 2.13 bits per heavy atom. The van der Waals surface area contributed by atoms with E-state index in [0.717, 1.165) is 5.56 Å². The number of nitrogens with zero attached hydrogens (tertiary/aromatic N) is 3. The number of hydrogen-bond acceptors (Lipinski definition) is 5. The molecule has 2 aromatic heterocycles. The number of aromatic nitrogens is 3. The van der Waals surface area contributed by atoms with E-state index in [1.165, 1.54) is 12.1 Å². The SMILES string of the molecule is C[C@@H](Oc1cc(-c2cnn(CC3(F)CCNC3)c2)cnc1N)c1c(Cl)ccc(F)c1Cl. The quantitative estimate of drug-likeness (QED) is 0.508.